The van der Waals surface area contributed by atoms with Gasteiger partial charge in [0.1, 0.15) is 6.61 Å². The number of carbonyl (C=O) groups is 2. The number of ether oxygens (including phenoxy) is 1. The van der Waals surface area contributed by atoms with E-state index in [1.807, 2.05) is 11.3 Å². The number of hydrogen-bond donors (Lipinski definition) is 1. The number of piperidine rings is 1. The van der Waals surface area contributed by atoms with Gasteiger partial charge >= 0.3 is 0 Å². The number of hydrogen-bond acceptors (Lipinski definition) is 4. The second-order valence-corrected chi connectivity index (χ2v) is 7.66. The highest BCUT2D eigenvalue weighted by molar-refractivity contribution is 7.10. The van der Waals surface area contributed by atoms with Gasteiger partial charge in [-0.15, -0.1) is 11.3 Å². The Morgan fingerprint density at radius 3 is 3.00 bits per heavy atom. The van der Waals surface area contributed by atoms with E-state index in [4.69, 9.17) is 4.74 Å². The number of fused-ring (bicyclic) bond motifs is 1. The molecule has 6 heteroatoms. The van der Waals surface area contributed by atoms with Gasteiger partial charge in [-0.2, -0.15) is 0 Å². The zero-order valence-corrected chi connectivity index (χ0v) is 15.1. The fourth-order valence-electron chi connectivity index (χ4n) is 3.67. The van der Waals surface area contributed by atoms with Crippen molar-refractivity contribution in [3.8, 4) is 0 Å². The lowest BCUT2D eigenvalue weighted by atomic mass is 9.95. The summed E-state index contributed by atoms with van der Waals surface area (Å²) in [5.41, 5.74) is 2.75. The molecule has 24 heavy (non-hydrogen) atoms. The number of carbonyl (C=O) groups excluding carboxylic acids is 2. The van der Waals surface area contributed by atoms with Crippen LogP contribution >= 0.6 is 11.3 Å². The molecule has 0 saturated carbocycles. The molecule has 2 aliphatic rings. The summed E-state index contributed by atoms with van der Waals surface area (Å²) in [6.07, 6.45) is 6.60. The summed E-state index contributed by atoms with van der Waals surface area (Å²) in [5.74, 6) is -0.0587. The van der Waals surface area contributed by atoms with Gasteiger partial charge in [-0.3, -0.25) is 9.59 Å². The highest BCUT2D eigenvalue weighted by Gasteiger charge is 2.28. The zero-order chi connectivity index (χ0) is 16.9. The van der Waals surface area contributed by atoms with Crippen molar-refractivity contribution in [1.82, 2.24) is 10.2 Å². The fraction of sp³-hybridized carbons (Fsp3) is 0.667. The maximum Gasteiger partial charge on any atom is 0.248 e. The van der Waals surface area contributed by atoms with Crippen molar-refractivity contribution in [2.24, 2.45) is 5.92 Å². The predicted octanol–water partition coefficient (Wildman–Crippen LogP) is 2.13. The maximum atomic E-state index is 12.5. The SMILES string of the molecule is COCC(=O)N1CCCC(C(=O)NCc2csc3c2CCCC3)C1. The Morgan fingerprint density at radius 1 is 1.33 bits per heavy atom. The van der Waals surface area contributed by atoms with Crippen LogP contribution in [0.25, 0.3) is 0 Å². The average molecular weight is 350 g/mol. The van der Waals surface area contributed by atoms with Crippen molar-refractivity contribution < 1.29 is 14.3 Å². The molecule has 1 aliphatic heterocycles. The summed E-state index contributed by atoms with van der Waals surface area (Å²) < 4.78 is 4.91. The number of thiophene rings is 1. The summed E-state index contributed by atoms with van der Waals surface area (Å²) in [6, 6.07) is 0. The second-order valence-electron chi connectivity index (χ2n) is 6.70. The molecule has 1 saturated heterocycles. The molecule has 0 spiro atoms. The number of aryl methyl sites for hydroxylation is 1. The number of likely N-dealkylation sites (tertiary alicyclic amines) is 1. The summed E-state index contributed by atoms with van der Waals surface area (Å²) in [7, 11) is 1.52. The van der Waals surface area contributed by atoms with E-state index in [0.717, 1.165) is 25.8 Å². The number of amides is 2. The van der Waals surface area contributed by atoms with Gasteiger partial charge in [0.15, 0.2) is 0 Å². The van der Waals surface area contributed by atoms with Gasteiger partial charge in [0.2, 0.25) is 11.8 Å². The fourth-order valence-corrected chi connectivity index (χ4v) is 4.82. The quantitative estimate of drug-likeness (QED) is 0.885. The third-order valence-electron chi connectivity index (χ3n) is 5.01. The first-order valence-corrected chi connectivity index (χ1v) is 9.69. The summed E-state index contributed by atoms with van der Waals surface area (Å²) in [4.78, 5) is 27.7. The van der Waals surface area contributed by atoms with Crippen LogP contribution in [-0.4, -0.2) is 43.5 Å². The van der Waals surface area contributed by atoms with E-state index in [1.54, 1.807) is 4.90 Å². The predicted molar refractivity (Wildman–Crippen MR) is 94.0 cm³/mol. The second kappa shape index (κ2) is 8.12. The Morgan fingerprint density at radius 2 is 2.17 bits per heavy atom. The van der Waals surface area contributed by atoms with Gasteiger partial charge < -0.3 is 15.0 Å². The van der Waals surface area contributed by atoms with E-state index in [-0.39, 0.29) is 24.3 Å². The molecule has 1 aliphatic carbocycles. The summed E-state index contributed by atoms with van der Waals surface area (Å²) in [5, 5.41) is 5.29. The van der Waals surface area contributed by atoms with Crippen molar-refractivity contribution in [2.45, 2.75) is 45.1 Å². The number of methoxy groups -OCH3 is 1. The van der Waals surface area contributed by atoms with E-state index < -0.39 is 0 Å². The van der Waals surface area contributed by atoms with Crippen LogP contribution in [0.5, 0.6) is 0 Å². The molecule has 1 fully saturated rings. The molecule has 0 bridgehead atoms. The first-order chi connectivity index (χ1) is 11.7. The van der Waals surface area contributed by atoms with Crippen LogP contribution in [0, 0.1) is 5.92 Å². The van der Waals surface area contributed by atoms with Crippen LogP contribution in [0.2, 0.25) is 0 Å². The Balaban J connectivity index is 1.53. The topological polar surface area (TPSA) is 58.6 Å². The lowest BCUT2D eigenvalue weighted by Gasteiger charge is -2.32. The molecule has 0 radical (unpaired) electrons. The van der Waals surface area contributed by atoms with Crippen molar-refractivity contribution >= 4 is 23.2 Å². The highest BCUT2D eigenvalue weighted by atomic mass is 32.1. The van der Waals surface area contributed by atoms with Crippen LogP contribution in [0.15, 0.2) is 5.38 Å². The number of rotatable bonds is 5. The highest BCUT2D eigenvalue weighted by Crippen LogP contribution is 2.30. The lowest BCUT2D eigenvalue weighted by molar-refractivity contribution is -0.139. The third kappa shape index (κ3) is 3.98. The smallest absolute Gasteiger partial charge is 0.248 e. The van der Waals surface area contributed by atoms with E-state index in [0.29, 0.717) is 13.1 Å². The van der Waals surface area contributed by atoms with Crippen molar-refractivity contribution in [3.05, 3.63) is 21.4 Å². The first-order valence-electron chi connectivity index (χ1n) is 8.81. The Kier molecular flexibility index (Phi) is 5.89. The lowest BCUT2D eigenvalue weighted by Crippen LogP contribution is -2.46. The molecule has 2 amide bonds. The maximum absolute atomic E-state index is 12.5. The zero-order valence-electron chi connectivity index (χ0n) is 14.3. The summed E-state index contributed by atoms with van der Waals surface area (Å²) in [6.45, 7) is 1.95. The Bertz CT molecular complexity index is 599. The van der Waals surface area contributed by atoms with Gasteiger partial charge in [0.05, 0.1) is 5.92 Å². The molecule has 132 valence electrons. The first kappa shape index (κ1) is 17.4. The van der Waals surface area contributed by atoms with Crippen LogP contribution in [-0.2, 0) is 33.7 Å². The van der Waals surface area contributed by atoms with Gasteiger partial charge in [0, 0.05) is 31.6 Å². The third-order valence-corrected chi connectivity index (χ3v) is 6.15. The molecular formula is C18H26N2O3S. The largest absolute Gasteiger partial charge is 0.375 e. The minimum absolute atomic E-state index is 0.0260. The van der Waals surface area contributed by atoms with Crippen molar-refractivity contribution in [1.29, 1.82) is 0 Å². The van der Waals surface area contributed by atoms with E-state index in [2.05, 4.69) is 10.7 Å². The molecule has 1 aromatic heterocycles. The van der Waals surface area contributed by atoms with Crippen LogP contribution in [0.3, 0.4) is 0 Å². The average Bonchev–Trinajstić information content (AvgIpc) is 3.03. The number of nitrogens with zero attached hydrogens (tertiary/aromatic N) is 1. The van der Waals surface area contributed by atoms with Gasteiger partial charge in [-0.25, -0.2) is 0 Å². The standard InChI is InChI=1S/C18H26N2O3S/c1-23-11-17(21)20-8-4-5-13(10-20)18(22)19-9-14-12-24-16-7-3-2-6-15(14)16/h12-13H,2-11H2,1H3,(H,19,22). The normalized spacial score (nSPS) is 20.5. The Hall–Kier alpha value is -1.40. The minimum Gasteiger partial charge on any atom is -0.375 e. The van der Waals surface area contributed by atoms with Crippen LogP contribution in [0.1, 0.15) is 41.7 Å². The van der Waals surface area contributed by atoms with Crippen molar-refractivity contribution in [2.75, 3.05) is 26.8 Å². The van der Waals surface area contributed by atoms with Gasteiger partial charge in [0.25, 0.3) is 0 Å². The van der Waals surface area contributed by atoms with Crippen LogP contribution < -0.4 is 5.32 Å². The van der Waals surface area contributed by atoms with Crippen LogP contribution in [0.4, 0.5) is 0 Å². The molecule has 1 aromatic rings. The van der Waals surface area contributed by atoms with E-state index >= 15 is 0 Å². The molecule has 1 atom stereocenters. The molecule has 0 aromatic carbocycles. The molecular weight excluding hydrogens is 324 g/mol. The van der Waals surface area contributed by atoms with Crippen molar-refractivity contribution in [3.63, 3.8) is 0 Å². The molecule has 2 heterocycles. The number of nitrogens with one attached hydrogen (secondary N) is 1. The monoisotopic (exact) mass is 350 g/mol. The minimum atomic E-state index is -0.103. The van der Waals surface area contributed by atoms with E-state index in [1.165, 1.54) is 42.4 Å². The molecule has 1 N–H and O–H groups in total. The molecule has 5 nitrogen and oxygen atoms in total. The Labute approximate surface area is 147 Å². The molecule has 3 rings (SSSR count). The van der Waals surface area contributed by atoms with Gasteiger partial charge in [-0.05, 0) is 55.0 Å². The summed E-state index contributed by atoms with van der Waals surface area (Å²) >= 11 is 1.83. The molecule has 1 unspecified atom stereocenters. The van der Waals surface area contributed by atoms with E-state index in [9.17, 15) is 9.59 Å². The van der Waals surface area contributed by atoms with Gasteiger partial charge in [-0.1, -0.05) is 0 Å².